The Morgan fingerprint density at radius 3 is 2.10 bits per heavy atom. The summed E-state index contributed by atoms with van der Waals surface area (Å²) in [5, 5.41) is 0. The highest BCUT2D eigenvalue weighted by Gasteiger charge is 2.15. The zero-order valence-electron chi connectivity index (χ0n) is 26.4. The lowest BCUT2D eigenvalue weighted by molar-refractivity contribution is 0.0529. The molecule has 0 radical (unpaired) electrons. The normalized spacial score (nSPS) is 13.8. The molecule has 1 fully saturated rings. The van der Waals surface area contributed by atoms with E-state index < -0.39 is 0 Å². The molecule has 1 aliphatic rings. The van der Waals surface area contributed by atoms with Crippen LogP contribution in [0.2, 0.25) is 0 Å². The van der Waals surface area contributed by atoms with Gasteiger partial charge in [0.1, 0.15) is 5.60 Å². The second-order valence-corrected chi connectivity index (χ2v) is 12.0. The molecule has 0 N–H and O–H groups in total. The summed E-state index contributed by atoms with van der Waals surface area (Å²) < 4.78 is 5.54. The molecule has 4 rings (SSSR count). The van der Waals surface area contributed by atoms with Crippen LogP contribution in [0, 0.1) is 13.8 Å². The van der Waals surface area contributed by atoms with Gasteiger partial charge in [0.25, 0.3) is 0 Å². The number of hydrogen-bond acceptors (Lipinski definition) is 3. The van der Waals surface area contributed by atoms with Crippen molar-refractivity contribution in [3.05, 3.63) is 107 Å². The third-order valence-corrected chi connectivity index (χ3v) is 6.66. The molecule has 3 heteroatoms. The van der Waals surface area contributed by atoms with Crippen molar-refractivity contribution in [2.75, 3.05) is 0 Å². The molecule has 216 valence electrons. The van der Waals surface area contributed by atoms with Crippen molar-refractivity contribution < 1.29 is 4.74 Å². The van der Waals surface area contributed by atoms with Gasteiger partial charge in [-0.2, -0.15) is 0 Å². The van der Waals surface area contributed by atoms with Crippen molar-refractivity contribution in [1.29, 1.82) is 0 Å². The first-order valence-electron chi connectivity index (χ1n) is 14.9. The van der Waals surface area contributed by atoms with Gasteiger partial charge in [-0.05, 0) is 127 Å². The first kappa shape index (κ1) is 33.0. The first-order valence-corrected chi connectivity index (χ1v) is 14.9. The summed E-state index contributed by atoms with van der Waals surface area (Å²) in [4.78, 5) is 8.56. The van der Waals surface area contributed by atoms with Crippen molar-refractivity contribution in [2.24, 2.45) is 0 Å². The van der Waals surface area contributed by atoms with E-state index in [1.165, 1.54) is 59.9 Å². The molecule has 40 heavy (non-hydrogen) atoms. The summed E-state index contributed by atoms with van der Waals surface area (Å²) in [7, 11) is 0. The largest absolute Gasteiger partial charge is 0.493 e. The smallest absolute Gasteiger partial charge is 0.100 e. The van der Waals surface area contributed by atoms with Crippen LogP contribution in [0.4, 0.5) is 0 Å². The monoisotopic (exact) mass is 540 g/mol. The zero-order chi connectivity index (χ0) is 29.5. The number of rotatable bonds is 6. The molecule has 0 amide bonds. The van der Waals surface area contributed by atoms with E-state index in [0.29, 0.717) is 0 Å². The summed E-state index contributed by atoms with van der Waals surface area (Å²) in [5.74, 6) is 1.82. The highest BCUT2D eigenvalue weighted by Crippen LogP contribution is 2.32. The Kier molecular flexibility index (Phi) is 13.9. The maximum Gasteiger partial charge on any atom is 0.100 e. The van der Waals surface area contributed by atoms with Crippen molar-refractivity contribution in [1.82, 2.24) is 9.97 Å². The molecule has 0 spiro atoms. The molecule has 0 saturated heterocycles. The lowest BCUT2D eigenvalue weighted by Crippen LogP contribution is -2.17. The highest BCUT2D eigenvalue weighted by atomic mass is 16.5. The Morgan fingerprint density at radius 2 is 1.57 bits per heavy atom. The standard InChI is InChI=1S/C16H17N.C12H17N.C9H18O/c1-12(2)10-14-4-6-15(7-5-14)16-8-9-17-13(3)11-16;1-10-7-8-12(9-13-10)11-5-3-2-4-6-11;1-6-7-8(2)10-9(3,4)5/h4-9,11H,1,10H2,2-3H3;7-9,11H,2-6H2,1H3;7H,6H2,1-5H3/b;;8-7+. The van der Waals surface area contributed by atoms with E-state index in [1.54, 1.807) is 0 Å². The SMILES string of the molecule is C=C(C)Cc1ccc(-c2ccnc(C)c2)cc1.CC/C=C(\C)OC(C)(C)C.Cc1ccc(C2CCCCC2)cn1. The molecule has 2 heterocycles. The third-order valence-electron chi connectivity index (χ3n) is 6.66. The number of pyridine rings is 2. The van der Waals surface area contributed by atoms with Crippen LogP contribution in [0.15, 0.2) is 84.9 Å². The Bertz CT molecular complexity index is 1180. The van der Waals surface area contributed by atoms with Crippen LogP contribution in [0.3, 0.4) is 0 Å². The number of hydrogen-bond donors (Lipinski definition) is 0. The molecule has 2 aromatic heterocycles. The quantitative estimate of drug-likeness (QED) is 0.230. The van der Waals surface area contributed by atoms with E-state index in [4.69, 9.17) is 4.74 Å². The second kappa shape index (κ2) is 16.8. The molecule has 0 unspecified atom stereocenters. The molecule has 3 aromatic rings. The molecule has 0 atom stereocenters. The van der Waals surface area contributed by atoms with Gasteiger partial charge in [0.15, 0.2) is 0 Å². The van der Waals surface area contributed by atoms with E-state index in [2.05, 4.69) is 106 Å². The van der Waals surface area contributed by atoms with Crippen LogP contribution in [0.5, 0.6) is 0 Å². The second-order valence-electron chi connectivity index (χ2n) is 12.0. The Hall–Kier alpha value is -3.20. The predicted octanol–water partition coefficient (Wildman–Crippen LogP) is 10.7. The highest BCUT2D eigenvalue weighted by molar-refractivity contribution is 5.63. The fourth-order valence-electron chi connectivity index (χ4n) is 4.86. The molecule has 1 aromatic carbocycles. The lowest BCUT2D eigenvalue weighted by atomic mass is 9.85. The van der Waals surface area contributed by atoms with Crippen LogP contribution < -0.4 is 0 Å². The average molecular weight is 541 g/mol. The van der Waals surface area contributed by atoms with E-state index in [1.807, 2.05) is 33.0 Å². The Labute approximate surface area is 244 Å². The molecular weight excluding hydrogens is 488 g/mol. The molecule has 0 bridgehead atoms. The number of allylic oxidation sites excluding steroid dienone is 3. The molecular formula is C37H52N2O. The van der Waals surface area contributed by atoms with E-state index in [0.717, 1.165) is 35.9 Å². The van der Waals surface area contributed by atoms with Crippen LogP contribution in [-0.2, 0) is 11.2 Å². The minimum absolute atomic E-state index is 0.0459. The topological polar surface area (TPSA) is 35.0 Å². The van der Waals surface area contributed by atoms with E-state index in [-0.39, 0.29) is 5.60 Å². The Balaban J connectivity index is 0.000000219. The third kappa shape index (κ3) is 13.2. The van der Waals surface area contributed by atoms with Crippen molar-refractivity contribution in [2.45, 2.75) is 112 Å². The number of aromatic nitrogens is 2. The fraction of sp³-hybridized carbons (Fsp3) is 0.459. The zero-order valence-corrected chi connectivity index (χ0v) is 26.4. The van der Waals surface area contributed by atoms with Crippen LogP contribution in [-0.4, -0.2) is 15.6 Å². The molecule has 3 nitrogen and oxygen atoms in total. The van der Waals surface area contributed by atoms with Crippen LogP contribution in [0.25, 0.3) is 11.1 Å². The minimum Gasteiger partial charge on any atom is -0.493 e. The first-order chi connectivity index (χ1) is 19.0. The van der Waals surface area contributed by atoms with E-state index in [9.17, 15) is 0 Å². The van der Waals surface area contributed by atoms with Gasteiger partial charge < -0.3 is 4.74 Å². The van der Waals surface area contributed by atoms with Crippen molar-refractivity contribution >= 4 is 0 Å². The van der Waals surface area contributed by atoms with Gasteiger partial charge in [-0.3, -0.25) is 9.97 Å². The van der Waals surface area contributed by atoms with Gasteiger partial charge in [-0.25, -0.2) is 0 Å². The summed E-state index contributed by atoms with van der Waals surface area (Å²) in [6, 6.07) is 17.2. The average Bonchev–Trinajstić information content (AvgIpc) is 2.90. The lowest BCUT2D eigenvalue weighted by Gasteiger charge is -2.21. The van der Waals surface area contributed by atoms with E-state index >= 15 is 0 Å². The fourth-order valence-corrected chi connectivity index (χ4v) is 4.86. The summed E-state index contributed by atoms with van der Waals surface area (Å²) >= 11 is 0. The maximum atomic E-state index is 5.54. The molecule has 1 saturated carbocycles. The van der Waals surface area contributed by atoms with Crippen LogP contribution >= 0.6 is 0 Å². The van der Waals surface area contributed by atoms with Gasteiger partial charge in [0, 0.05) is 23.8 Å². The maximum absolute atomic E-state index is 5.54. The summed E-state index contributed by atoms with van der Waals surface area (Å²) in [6.45, 7) is 20.3. The summed E-state index contributed by atoms with van der Waals surface area (Å²) in [5.41, 5.74) is 8.54. The van der Waals surface area contributed by atoms with Crippen LogP contribution in [0.1, 0.15) is 109 Å². The number of benzene rings is 1. The van der Waals surface area contributed by atoms with Gasteiger partial charge in [0.2, 0.25) is 0 Å². The van der Waals surface area contributed by atoms with Gasteiger partial charge in [-0.1, -0.05) is 68.7 Å². The Morgan fingerprint density at radius 1 is 0.900 bits per heavy atom. The number of ether oxygens (including phenoxy) is 1. The number of nitrogens with zero attached hydrogens (tertiary/aromatic N) is 2. The van der Waals surface area contributed by atoms with Gasteiger partial charge >= 0.3 is 0 Å². The molecule has 1 aliphatic carbocycles. The predicted molar refractivity (Wildman–Crippen MR) is 173 cm³/mol. The molecule has 0 aliphatic heterocycles. The minimum atomic E-state index is -0.0459. The van der Waals surface area contributed by atoms with Crippen molar-refractivity contribution in [3.8, 4) is 11.1 Å². The number of aryl methyl sites for hydroxylation is 2. The summed E-state index contributed by atoms with van der Waals surface area (Å²) in [6.07, 6.45) is 15.0. The van der Waals surface area contributed by atoms with Crippen molar-refractivity contribution in [3.63, 3.8) is 0 Å². The van der Waals surface area contributed by atoms with Gasteiger partial charge in [-0.15, -0.1) is 0 Å². The van der Waals surface area contributed by atoms with Gasteiger partial charge in [0.05, 0.1) is 5.76 Å².